The van der Waals surface area contributed by atoms with Gasteiger partial charge in [-0.25, -0.2) is 0 Å². The minimum absolute atomic E-state index is 0.169. The average Bonchev–Trinajstić information content (AvgIpc) is 2.14. The Kier molecular flexibility index (Phi) is 1.18. The molecule has 0 fully saturated rings. The molecule has 0 saturated heterocycles. The largest absolute Gasteiger partial charge is 0.382 e. The van der Waals surface area contributed by atoms with Crippen LogP contribution in [-0.4, -0.2) is 14.5 Å². The first kappa shape index (κ1) is 5.74. The van der Waals surface area contributed by atoms with Crippen molar-refractivity contribution in [2.75, 3.05) is 0 Å². The zero-order valence-electron chi connectivity index (χ0n) is 4.74. The molecule has 0 bridgehead atoms. The number of aromatic nitrogens is 2. The van der Waals surface area contributed by atoms with Crippen LogP contribution in [0, 0.1) is 16.4 Å². The number of rotatable bonds is 1. The standard InChI is InChI=1S/C4H4N3O2/c1-6-2-4(5-3-6)7(8)9/h2H,1H3. The molecule has 47 valence electrons. The Morgan fingerprint density at radius 1 is 2.00 bits per heavy atom. The van der Waals surface area contributed by atoms with E-state index < -0.39 is 4.92 Å². The molecule has 5 heteroatoms. The third-order valence-corrected chi connectivity index (χ3v) is 0.818. The summed E-state index contributed by atoms with van der Waals surface area (Å²) < 4.78 is 1.40. The van der Waals surface area contributed by atoms with E-state index in [1.165, 1.54) is 10.8 Å². The molecular weight excluding hydrogens is 122 g/mol. The summed E-state index contributed by atoms with van der Waals surface area (Å²) in [6, 6.07) is 0. The molecule has 1 aromatic heterocycles. The highest BCUT2D eigenvalue weighted by Crippen LogP contribution is 2.02. The summed E-state index contributed by atoms with van der Waals surface area (Å²) in [5, 5.41) is 9.92. The quantitative estimate of drug-likeness (QED) is 0.397. The SMILES string of the molecule is Cn1[c]nc([N+](=O)[O-])c1. The molecule has 5 nitrogen and oxygen atoms in total. The smallest absolute Gasteiger partial charge is 0.358 e. The summed E-state index contributed by atoms with van der Waals surface area (Å²) in [6.45, 7) is 0. The zero-order valence-corrected chi connectivity index (χ0v) is 4.74. The maximum absolute atomic E-state index is 9.92. The molecule has 0 N–H and O–H groups in total. The summed E-state index contributed by atoms with van der Waals surface area (Å²) in [5.74, 6) is -0.169. The van der Waals surface area contributed by atoms with E-state index in [9.17, 15) is 10.1 Å². The lowest BCUT2D eigenvalue weighted by molar-refractivity contribution is -0.389. The van der Waals surface area contributed by atoms with Crippen molar-refractivity contribution in [2.45, 2.75) is 0 Å². The molecular formula is C4H4N3O2. The van der Waals surface area contributed by atoms with E-state index in [1.54, 1.807) is 7.05 Å². The number of nitrogens with zero attached hydrogens (tertiary/aromatic N) is 3. The summed E-state index contributed by atoms with van der Waals surface area (Å²) in [7, 11) is 1.62. The van der Waals surface area contributed by atoms with Crippen LogP contribution in [0.1, 0.15) is 0 Å². The highest BCUT2D eigenvalue weighted by Gasteiger charge is 2.07. The minimum atomic E-state index is -0.559. The van der Waals surface area contributed by atoms with Crippen LogP contribution in [0.5, 0.6) is 0 Å². The second-order valence-corrected chi connectivity index (χ2v) is 1.57. The molecule has 0 atom stereocenters. The van der Waals surface area contributed by atoms with Crippen LogP contribution < -0.4 is 0 Å². The first-order valence-corrected chi connectivity index (χ1v) is 2.25. The van der Waals surface area contributed by atoms with Crippen molar-refractivity contribution in [3.05, 3.63) is 22.6 Å². The highest BCUT2D eigenvalue weighted by atomic mass is 16.6. The first-order valence-electron chi connectivity index (χ1n) is 2.25. The molecule has 0 aromatic carbocycles. The fourth-order valence-electron chi connectivity index (χ4n) is 0.449. The van der Waals surface area contributed by atoms with Crippen molar-refractivity contribution in [3.63, 3.8) is 0 Å². The van der Waals surface area contributed by atoms with Crippen molar-refractivity contribution < 1.29 is 4.92 Å². The van der Waals surface area contributed by atoms with Gasteiger partial charge in [0.15, 0.2) is 0 Å². The fourth-order valence-corrected chi connectivity index (χ4v) is 0.449. The van der Waals surface area contributed by atoms with Gasteiger partial charge in [-0.2, -0.15) is 0 Å². The van der Waals surface area contributed by atoms with Gasteiger partial charge in [0.2, 0.25) is 0 Å². The molecule has 0 aliphatic rings. The molecule has 0 aliphatic carbocycles. The van der Waals surface area contributed by atoms with Gasteiger partial charge in [0.25, 0.3) is 0 Å². The van der Waals surface area contributed by atoms with Crippen LogP contribution in [0.15, 0.2) is 6.20 Å². The molecule has 0 unspecified atom stereocenters. The van der Waals surface area contributed by atoms with Crippen LogP contribution in [-0.2, 0) is 7.05 Å². The van der Waals surface area contributed by atoms with Gasteiger partial charge < -0.3 is 14.7 Å². The summed E-state index contributed by atoms with van der Waals surface area (Å²) in [4.78, 5) is 12.7. The Morgan fingerprint density at radius 2 is 2.67 bits per heavy atom. The Hall–Kier alpha value is -1.39. The summed E-state index contributed by atoms with van der Waals surface area (Å²) in [5.41, 5.74) is 0. The summed E-state index contributed by atoms with van der Waals surface area (Å²) >= 11 is 0. The van der Waals surface area contributed by atoms with Crippen LogP contribution in [0.3, 0.4) is 0 Å². The lowest BCUT2D eigenvalue weighted by Gasteiger charge is -1.82. The van der Waals surface area contributed by atoms with Crippen LogP contribution in [0.2, 0.25) is 0 Å². The van der Waals surface area contributed by atoms with Crippen molar-refractivity contribution in [1.29, 1.82) is 0 Å². The van der Waals surface area contributed by atoms with E-state index in [0.29, 0.717) is 0 Å². The lowest BCUT2D eigenvalue weighted by Crippen LogP contribution is -1.86. The maximum Gasteiger partial charge on any atom is 0.382 e. The van der Waals surface area contributed by atoms with Crippen molar-refractivity contribution in [1.82, 2.24) is 9.55 Å². The normalized spacial score (nSPS) is 9.44. The van der Waals surface area contributed by atoms with Crippen molar-refractivity contribution in [3.8, 4) is 0 Å². The number of hydrogen-bond donors (Lipinski definition) is 0. The second kappa shape index (κ2) is 1.85. The predicted octanol–water partition coefficient (Wildman–Crippen LogP) is 0.128. The highest BCUT2D eigenvalue weighted by molar-refractivity contribution is 5.11. The molecule has 1 aromatic rings. The Labute approximate surface area is 51.1 Å². The Morgan fingerprint density at radius 3 is 2.89 bits per heavy atom. The van der Waals surface area contributed by atoms with Gasteiger partial charge in [-0.1, -0.05) is 0 Å². The molecule has 9 heavy (non-hydrogen) atoms. The van der Waals surface area contributed by atoms with Crippen LogP contribution in [0.25, 0.3) is 0 Å². The van der Waals surface area contributed by atoms with Gasteiger partial charge in [-0.3, -0.25) is 0 Å². The molecule has 1 heterocycles. The number of hydrogen-bond acceptors (Lipinski definition) is 3. The van der Waals surface area contributed by atoms with Gasteiger partial charge in [-0.05, 0) is 9.91 Å². The second-order valence-electron chi connectivity index (χ2n) is 1.57. The van der Waals surface area contributed by atoms with E-state index in [2.05, 4.69) is 11.3 Å². The van der Waals surface area contributed by atoms with Gasteiger partial charge in [0.05, 0.1) is 0 Å². The Balaban J connectivity index is 2.98. The van der Waals surface area contributed by atoms with E-state index in [-0.39, 0.29) is 5.82 Å². The van der Waals surface area contributed by atoms with Gasteiger partial charge in [0.1, 0.15) is 6.20 Å². The molecule has 0 saturated carbocycles. The maximum atomic E-state index is 9.92. The van der Waals surface area contributed by atoms with E-state index in [0.717, 1.165) is 0 Å². The van der Waals surface area contributed by atoms with Crippen molar-refractivity contribution in [2.24, 2.45) is 7.05 Å². The Bertz CT molecular complexity index is 229. The lowest BCUT2D eigenvalue weighted by atomic mass is 10.8. The molecule has 0 spiro atoms. The van der Waals surface area contributed by atoms with Gasteiger partial charge >= 0.3 is 12.1 Å². The fraction of sp³-hybridized carbons (Fsp3) is 0.250. The van der Waals surface area contributed by atoms with Crippen molar-refractivity contribution >= 4 is 5.82 Å². The number of aryl methyl sites for hydroxylation is 1. The third kappa shape index (κ3) is 1.04. The van der Waals surface area contributed by atoms with Gasteiger partial charge in [-0.15, -0.1) is 0 Å². The molecule has 0 amide bonds. The van der Waals surface area contributed by atoms with E-state index in [1.807, 2.05) is 0 Å². The average molecular weight is 126 g/mol. The van der Waals surface area contributed by atoms with E-state index >= 15 is 0 Å². The minimum Gasteiger partial charge on any atom is -0.358 e. The molecule has 1 radical (unpaired) electrons. The zero-order chi connectivity index (χ0) is 6.85. The van der Waals surface area contributed by atoms with Gasteiger partial charge in [0, 0.05) is 7.05 Å². The molecule has 1 rings (SSSR count). The summed E-state index contributed by atoms with van der Waals surface area (Å²) in [6.07, 6.45) is 3.67. The topological polar surface area (TPSA) is 61.0 Å². The first-order chi connectivity index (χ1) is 4.20. The third-order valence-electron chi connectivity index (χ3n) is 0.818. The van der Waals surface area contributed by atoms with Crippen LogP contribution in [0.4, 0.5) is 5.82 Å². The molecule has 0 aliphatic heterocycles. The number of nitro groups is 1. The predicted molar refractivity (Wildman–Crippen MR) is 28.7 cm³/mol. The number of imidazole rings is 1. The monoisotopic (exact) mass is 126 g/mol. The van der Waals surface area contributed by atoms with Crippen LogP contribution >= 0.6 is 0 Å². The van der Waals surface area contributed by atoms with E-state index in [4.69, 9.17) is 0 Å².